The second-order valence-corrected chi connectivity index (χ2v) is 10.1. The molecule has 1 aliphatic heterocycles. The highest BCUT2D eigenvalue weighted by atomic mass is 16.2. The highest BCUT2D eigenvalue weighted by Crippen LogP contribution is 2.26. The molecule has 2 aromatic carbocycles. The molecular formula is C31H36N6O2. The van der Waals surface area contributed by atoms with E-state index in [4.69, 9.17) is 0 Å². The summed E-state index contributed by atoms with van der Waals surface area (Å²) in [6.07, 6.45) is 10.1. The van der Waals surface area contributed by atoms with E-state index in [1.54, 1.807) is 12.4 Å². The molecule has 0 saturated carbocycles. The predicted molar refractivity (Wildman–Crippen MR) is 155 cm³/mol. The van der Waals surface area contributed by atoms with Crippen LogP contribution >= 0.6 is 0 Å². The quantitative estimate of drug-likeness (QED) is 0.254. The highest BCUT2D eigenvalue weighted by Gasteiger charge is 2.17. The van der Waals surface area contributed by atoms with Crippen molar-refractivity contribution >= 4 is 28.5 Å². The number of urea groups is 1. The Morgan fingerprint density at radius 3 is 2.51 bits per heavy atom. The molecule has 8 heteroatoms. The van der Waals surface area contributed by atoms with Crippen LogP contribution in [0.2, 0.25) is 0 Å². The molecule has 1 aliphatic rings. The molecule has 2 aromatic heterocycles. The summed E-state index contributed by atoms with van der Waals surface area (Å²) in [4.78, 5) is 32.4. The topological polar surface area (TPSA) is 91.3 Å². The standard InChI is InChI=1S/C31H36N6O2/c38-30(33-15-8-18-36-16-5-2-6-17-36)28-23-37(22-24-9-3-1-4-10-24)29-13-12-26(19-27(28)29)35-31(39)34-21-25-11-7-14-32-20-25/h1,3-4,7,9-14,19-20,23H,2,5-6,8,15-18,21-22H2,(H,33,38)(H2,34,35,39). The van der Waals surface area contributed by atoms with Gasteiger partial charge in [0.25, 0.3) is 5.91 Å². The van der Waals surface area contributed by atoms with Crippen LogP contribution < -0.4 is 16.0 Å². The fourth-order valence-electron chi connectivity index (χ4n) is 5.11. The second kappa shape index (κ2) is 13.1. The van der Waals surface area contributed by atoms with Crippen LogP contribution in [0.3, 0.4) is 0 Å². The van der Waals surface area contributed by atoms with Gasteiger partial charge in [-0.15, -0.1) is 0 Å². The van der Waals surface area contributed by atoms with Crippen molar-refractivity contribution < 1.29 is 9.59 Å². The minimum atomic E-state index is -0.314. The van der Waals surface area contributed by atoms with Crippen LogP contribution in [0, 0.1) is 0 Å². The van der Waals surface area contributed by atoms with E-state index in [9.17, 15) is 9.59 Å². The number of nitrogens with one attached hydrogen (secondary N) is 3. The number of likely N-dealkylation sites (tertiary alicyclic amines) is 1. The van der Waals surface area contributed by atoms with E-state index in [1.807, 2.05) is 54.7 Å². The Bertz CT molecular complexity index is 1380. The molecule has 0 atom stereocenters. The number of amides is 3. The predicted octanol–water partition coefficient (Wildman–Crippen LogP) is 5.01. The molecular weight excluding hydrogens is 488 g/mol. The van der Waals surface area contributed by atoms with Crippen molar-refractivity contribution in [3.05, 3.63) is 95.9 Å². The van der Waals surface area contributed by atoms with Gasteiger partial charge in [-0.2, -0.15) is 0 Å². The van der Waals surface area contributed by atoms with Crippen LogP contribution in [0.15, 0.2) is 79.3 Å². The van der Waals surface area contributed by atoms with Gasteiger partial charge in [0.2, 0.25) is 0 Å². The minimum Gasteiger partial charge on any atom is -0.352 e. The first-order chi connectivity index (χ1) is 19.2. The Kier molecular flexibility index (Phi) is 8.86. The lowest BCUT2D eigenvalue weighted by Crippen LogP contribution is -2.33. The van der Waals surface area contributed by atoms with E-state index in [1.165, 1.54) is 19.3 Å². The Hall–Kier alpha value is -4.17. The van der Waals surface area contributed by atoms with Gasteiger partial charge in [-0.3, -0.25) is 9.78 Å². The first-order valence-corrected chi connectivity index (χ1v) is 13.8. The molecule has 0 spiro atoms. The molecule has 0 aliphatic carbocycles. The number of pyridine rings is 1. The van der Waals surface area contributed by atoms with E-state index in [2.05, 4.69) is 42.5 Å². The van der Waals surface area contributed by atoms with Gasteiger partial charge in [-0.05, 0) is 74.3 Å². The average molecular weight is 525 g/mol. The Balaban J connectivity index is 1.29. The van der Waals surface area contributed by atoms with Crippen LogP contribution in [0.4, 0.5) is 10.5 Å². The van der Waals surface area contributed by atoms with Gasteiger partial charge >= 0.3 is 6.03 Å². The summed E-state index contributed by atoms with van der Waals surface area (Å²) >= 11 is 0. The average Bonchev–Trinajstić information content (AvgIpc) is 3.33. The van der Waals surface area contributed by atoms with Crippen LogP contribution in [-0.2, 0) is 13.1 Å². The van der Waals surface area contributed by atoms with Crippen LogP contribution in [0.25, 0.3) is 10.9 Å². The summed E-state index contributed by atoms with van der Waals surface area (Å²) in [6, 6.07) is 19.3. The van der Waals surface area contributed by atoms with Crippen LogP contribution in [0.1, 0.15) is 47.2 Å². The summed E-state index contributed by atoms with van der Waals surface area (Å²) in [6.45, 7) is 4.99. The molecule has 0 radical (unpaired) electrons. The van der Waals surface area contributed by atoms with Crippen molar-refractivity contribution in [3.8, 4) is 0 Å². The normalized spacial score (nSPS) is 13.7. The smallest absolute Gasteiger partial charge is 0.319 e. The zero-order valence-electron chi connectivity index (χ0n) is 22.2. The summed E-state index contributed by atoms with van der Waals surface area (Å²) in [5, 5.41) is 9.69. The maximum Gasteiger partial charge on any atom is 0.319 e. The minimum absolute atomic E-state index is 0.0939. The maximum atomic E-state index is 13.3. The van der Waals surface area contributed by atoms with Gasteiger partial charge in [-0.25, -0.2) is 4.79 Å². The lowest BCUT2D eigenvalue weighted by atomic mass is 10.1. The molecule has 202 valence electrons. The largest absolute Gasteiger partial charge is 0.352 e. The molecule has 8 nitrogen and oxygen atoms in total. The lowest BCUT2D eigenvalue weighted by Gasteiger charge is -2.26. The number of rotatable bonds is 10. The first kappa shape index (κ1) is 26.4. The van der Waals surface area contributed by atoms with E-state index < -0.39 is 0 Å². The van der Waals surface area contributed by atoms with Crippen molar-refractivity contribution in [3.63, 3.8) is 0 Å². The number of piperidine rings is 1. The van der Waals surface area contributed by atoms with E-state index in [0.29, 0.717) is 30.9 Å². The van der Waals surface area contributed by atoms with Crippen molar-refractivity contribution in [1.82, 2.24) is 25.1 Å². The van der Waals surface area contributed by atoms with Crippen molar-refractivity contribution in [1.29, 1.82) is 0 Å². The second-order valence-electron chi connectivity index (χ2n) is 10.1. The Labute approximate surface area is 229 Å². The summed E-state index contributed by atoms with van der Waals surface area (Å²) in [5.41, 5.74) is 4.25. The van der Waals surface area contributed by atoms with Crippen LogP contribution in [-0.4, -0.2) is 52.6 Å². The first-order valence-electron chi connectivity index (χ1n) is 13.8. The summed E-state index contributed by atoms with van der Waals surface area (Å²) < 4.78 is 2.10. The number of hydrogen-bond donors (Lipinski definition) is 3. The van der Waals surface area contributed by atoms with Crippen molar-refractivity contribution in [2.24, 2.45) is 0 Å². The SMILES string of the molecule is O=C(NCc1cccnc1)Nc1ccc2c(c1)c(C(=O)NCCCN1CCCCC1)cn2Cc1ccccc1. The van der Waals surface area contributed by atoms with Crippen molar-refractivity contribution in [2.45, 2.75) is 38.8 Å². The van der Waals surface area contributed by atoms with E-state index in [0.717, 1.165) is 48.1 Å². The molecule has 5 rings (SSSR count). The molecule has 1 fully saturated rings. The van der Waals surface area contributed by atoms with Crippen molar-refractivity contribution in [2.75, 3.05) is 31.5 Å². The van der Waals surface area contributed by atoms with Gasteiger partial charge in [0.05, 0.1) is 5.56 Å². The molecule has 0 bridgehead atoms. The number of anilines is 1. The molecule has 3 heterocycles. The molecule has 4 aromatic rings. The van der Waals surface area contributed by atoms with Gasteiger partial charge in [0.15, 0.2) is 0 Å². The number of fused-ring (bicyclic) bond motifs is 1. The zero-order chi connectivity index (χ0) is 26.9. The Morgan fingerprint density at radius 2 is 1.72 bits per heavy atom. The number of aromatic nitrogens is 2. The van der Waals surface area contributed by atoms with E-state index >= 15 is 0 Å². The number of hydrogen-bond acceptors (Lipinski definition) is 4. The summed E-state index contributed by atoms with van der Waals surface area (Å²) in [5.74, 6) is -0.0939. The monoisotopic (exact) mass is 524 g/mol. The third-order valence-corrected chi connectivity index (χ3v) is 7.14. The molecule has 3 amide bonds. The Morgan fingerprint density at radius 1 is 0.897 bits per heavy atom. The van der Waals surface area contributed by atoms with Gasteiger partial charge in [0, 0.05) is 54.8 Å². The fraction of sp³-hybridized carbons (Fsp3) is 0.323. The molecule has 39 heavy (non-hydrogen) atoms. The zero-order valence-corrected chi connectivity index (χ0v) is 22.2. The number of carbonyl (C=O) groups excluding carboxylic acids is 2. The highest BCUT2D eigenvalue weighted by molar-refractivity contribution is 6.08. The maximum absolute atomic E-state index is 13.3. The lowest BCUT2D eigenvalue weighted by molar-refractivity contribution is 0.0952. The van der Waals surface area contributed by atoms with Gasteiger partial charge in [0.1, 0.15) is 0 Å². The number of carbonyl (C=O) groups is 2. The number of nitrogens with zero attached hydrogens (tertiary/aromatic N) is 3. The molecule has 3 N–H and O–H groups in total. The third kappa shape index (κ3) is 7.23. The number of benzene rings is 2. The third-order valence-electron chi connectivity index (χ3n) is 7.14. The van der Waals surface area contributed by atoms with Gasteiger partial charge in [-0.1, -0.05) is 42.8 Å². The van der Waals surface area contributed by atoms with Crippen LogP contribution in [0.5, 0.6) is 0 Å². The van der Waals surface area contributed by atoms with Gasteiger partial charge < -0.3 is 25.4 Å². The fourth-order valence-corrected chi connectivity index (χ4v) is 5.11. The molecule has 1 saturated heterocycles. The summed E-state index contributed by atoms with van der Waals surface area (Å²) in [7, 11) is 0. The molecule has 0 unspecified atom stereocenters. The van der Waals surface area contributed by atoms with E-state index in [-0.39, 0.29) is 11.9 Å².